The number of rotatable bonds is 8. The molecule has 0 aliphatic heterocycles. The highest BCUT2D eigenvalue weighted by Gasteiger charge is 2.19. The predicted octanol–water partition coefficient (Wildman–Crippen LogP) is 3.38. The number of likely N-dealkylation sites (N-methyl/N-ethyl adjacent to an activating group) is 1. The highest BCUT2D eigenvalue weighted by Crippen LogP contribution is 2.17. The third kappa shape index (κ3) is 9.61. The lowest BCUT2D eigenvalue weighted by atomic mass is 9.95. The van der Waals surface area contributed by atoms with Crippen molar-refractivity contribution < 1.29 is 0 Å². The molecule has 0 spiro atoms. The fourth-order valence-corrected chi connectivity index (χ4v) is 2.23. The van der Waals surface area contributed by atoms with Gasteiger partial charge in [0.15, 0.2) is 0 Å². The summed E-state index contributed by atoms with van der Waals surface area (Å²) in [6, 6.07) is 0.679. The molecular weight excluding hydrogens is 208 g/mol. The van der Waals surface area contributed by atoms with Crippen molar-refractivity contribution in [3.05, 3.63) is 0 Å². The molecule has 0 bridgehead atoms. The van der Waals surface area contributed by atoms with E-state index in [1.54, 1.807) is 0 Å². The first kappa shape index (κ1) is 16.9. The molecule has 0 aromatic rings. The average molecular weight is 242 g/mol. The normalized spacial score (nSPS) is 14.6. The van der Waals surface area contributed by atoms with Crippen LogP contribution < -0.4 is 5.32 Å². The van der Waals surface area contributed by atoms with Gasteiger partial charge in [0.05, 0.1) is 0 Å². The van der Waals surface area contributed by atoms with Crippen molar-refractivity contribution >= 4 is 0 Å². The Morgan fingerprint density at radius 2 is 1.71 bits per heavy atom. The minimum Gasteiger partial charge on any atom is -0.315 e. The van der Waals surface area contributed by atoms with E-state index in [2.05, 4.69) is 58.8 Å². The first-order valence-electron chi connectivity index (χ1n) is 7.17. The van der Waals surface area contributed by atoms with Crippen LogP contribution in [0.3, 0.4) is 0 Å². The highest BCUT2D eigenvalue weighted by molar-refractivity contribution is 4.76. The van der Waals surface area contributed by atoms with Gasteiger partial charge in [-0.15, -0.1) is 0 Å². The maximum absolute atomic E-state index is 3.59. The second-order valence-corrected chi connectivity index (χ2v) is 6.97. The van der Waals surface area contributed by atoms with Gasteiger partial charge in [0.25, 0.3) is 0 Å². The van der Waals surface area contributed by atoms with Crippen LogP contribution in [0.5, 0.6) is 0 Å². The van der Waals surface area contributed by atoms with Crippen LogP contribution in [-0.2, 0) is 0 Å². The summed E-state index contributed by atoms with van der Waals surface area (Å²) < 4.78 is 0. The zero-order valence-electron chi connectivity index (χ0n) is 13.1. The minimum absolute atomic E-state index is 0.388. The Labute approximate surface area is 109 Å². The maximum atomic E-state index is 3.59. The van der Waals surface area contributed by atoms with Gasteiger partial charge in [-0.1, -0.05) is 48.0 Å². The Hall–Kier alpha value is -0.0800. The first-order valence-corrected chi connectivity index (χ1v) is 7.17. The highest BCUT2D eigenvalue weighted by atomic mass is 15.2. The van der Waals surface area contributed by atoms with Crippen LogP contribution in [0.25, 0.3) is 0 Å². The van der Waals surface area contributed by atoms with Crippen LogP contribution >= 0.6 is 0 Å². The van der Waals surface area contributed by atoms with Gasteiger partial charge in [0.2, 0.25) is 0 Å². The van der Waals surface area contributed by atoms with Crippen LogP contribution in [0.1, 0.15) is 54.4 Å². The van der Waals surface area contributed by atoms with Crippen LogP contribution in [0.4, 0.5) is 0 Å². The van der Waals surface area contributed by atoms with Crippen LogP contribution in [-0.4, -0.2) is 37.6 Å². The van der Waals surface area contributed by atoms with E-state index >= 15 is 0 Å². The second-order valence-electron chi connectivity index (χ2n) is 6.97. The van der Waals surface area contributed by atoms with E-state index in [1.165, 1.54) is 19.4 Å². The molecule has 2 heteroatoms. The molecule has 0 aliphatic carbocycles. The molecule has 17 heavy (non-hydrogen) atoms. The Morgan fingerprint density at radius 3 is 2.12 bits per heavy atom. The molecule has 1 atom stereocenters. The third-order valence-corrected chi connectivity index (χ3v) is 2.90. The Morgan fingerprint density at radius 1 is 1.12 bits per heavy atom. The Kier molecular flexibility index (Phi) is 8.06. The summed E-state index contributed by atoms with van der Waals surface area (Å²) in [4.78, 5) is 2.52. The predicted molar refractivity (Wildman–Crippen MR) is 78.5 cm³/mol. The van der Waals surface area contributed by atoms with Gasteiger partial charge in [0.1, 0.15) is 0 Å². The molecule has 0 aromatic carbocycles. The average Bonchev–Trinajstić information content (AvgIpc) is 2.13. The molecule has 0 aliphatic rings. The maximum Gasteiger partial charge on any atom is 0.0217 e. The lowest BCUT2D eigenvalue weighted by Gasteiger charge is -2.33. The molecule has 0 rings (SSSR count). The fourth-order valence-electron chi connectivity index (χ4n) is 2.23. The van der Waals surface area contributed by atoms with E-state index in [9.17, 15) is 0 Å². The lowest BCUT2D eigenvalue weighted by Crippen LogP contribution is -2.44. The standard InChI is InChI=1S/C15H34N2/c1-8-9-14(11-16-10-13(2)3)17(7)12-15(4,5)6/h13-14,16H,8-12H2,1-7H3. The van der Waals surface area contributed by atoms with Gasteiger partial charge in [-0.3, -0.25) is 0 Å². The van der Waals surface area contributed by atoms with Gasteiger partial charge in [-0.25, -0.2) is 0 Å². The summed E-state index contributed by atoms with van der Waals surface area (Å²) in [6.45, 7) is 17.2. The zero-order valence-corrected chi connectivity index (χ0v) is 13.1. The van der Waals surface area contributed by atoms with Crippen molar-refractivity contribution in [2.75, 3.05) is 26.7 Å². The molecule has 104 valence electrons. The topological polar surface area (TPSA) is 15.3 Å². The van der Waals surface area contributed by atoms with Crippen LogP contribution in [0, 0.1) is 11.3 Å². The van der Waals surface area contributed by atoms with Crippen molar-refractivity contribution in [2.45, 2.75) is 60.4 Å². The van der Waals surface area contributed by atoms with Gasteiger partial charge in [0, 0.05) is 19.1 Å². The van der Waals surface area contributed by atoms with Gasteiger partial charge in [-0.2, -0.15) is 0 Å². The zero-order chi connectivity index (χ0) is 13.5. The molecule has 2 nitrogen and oxygen atoms in total. The second kappa shape index (κ2) is 8.10. The Bertz CT molecular complexity index is 182. The van der Waals surface area contributed by atoms with E-state index in [1.807, 2.05) is 0 Å². The number of nitrogens with one attached hydrogen (secondary N) is 1. The van der Waals surface area contributed by atoms with Gasteiger partial charge < -0.3 is 10.2 Å². The fraction of sp³-hybridized carbons (Fsp3) is 1.00. The SMILES string of the molecule is CCCC(CNCC(C)C)N(C)CC(C)(C)C. The molecule has 1 N–H and O–H groups in total. The summed E-state index contributed by atoms with van der Waals surface area (Å²) in [5.41, 5.74) is 0.388. The third-order valence-electron chi connectivity index (χ3n) is 2.90. The van der Waals surface area contributed by atoms with Crippen molar-refractivity contribution in [3.63, 3.8) is 0 Å². The largest absolute Gasteiger partial charge is 0.315 e. The van der Waals surface area contributed by atoms with Crippen molar-refractivity contribution in [3.8, 4) is 0 Å². The Balaban J connectivity index is 4.11. The minimum atomic E-state index is 0.388. The number of hydrogen-bond donors (Lipinski definition) is 1. The molecule has 0 radical (unpaired) electrons. The van der Waals surface area contributed by atoms with Crippen LogP contribution in [0.15, 0.2) is 0 Å². The molecule has 0 fully saturated rings. The smallest absolute Gasteiger partial charge is 0.0217 e. The van der Waals surface area contributed by atoms with E-state index in [4.69, 9.17) is 0 Å². The number of nitrogens with zero attached hydrogens (tertiary/aromatic N) is 1. The van der Waals surface area contributed by atoms with Gasteiger partial charge in [-0.05, 0) is 31.3 Å². The number of hydrogen-bond acceptors (Lipinski definition) is 2. The lowest BCUT2D eigenvalue weighted by molar-refractivity contribution is 0.160. The van der Waals surface area contributed by atoms with E-state index in [0.717, 1.165) is 19.0 Å². The summed E-state index contributed by atoms with van der Waals surface area (Å²) in [6.07, 6.45) is 2.56. The molecule has 0 saturated carbocycles. The molecule has 0 aromatic heterocycles. The summed E-state index contributed by atoms with van der Waals surface area (Å²) in [7, 11) is 2.27. The summed E-state index contributed by atoms with van der Waals surface area (Å²) >= 11 is 0. The van der Waals surface area contributed by atoms with E-state index in [0.29, 0.717) is 11.5 Å². The van der Waals surface area contributed by atoms with E-state index in [-0.39, 0.29) is 0 Å². The quantitative estimate of drug-likeness (QED) is 0.702. The molecular formula is C15H34N2. The molecule has 0 amide bonds. The summed E-state index contributed by atoms with van der Waals surface area (Å²) in [5, 5.41) is 3.59. The van der Waals surface area contributed by atoms with Crippen molar-refractivity contribution in [1.29, 1.82) is 0 Å². The monoisotopic (exact) mass is 242 g/mol. The first-order chi connectivity index (χ1) is 7.76. The van der Waals surface area contributed by atoms with Crippen molar-refractivity contribution in [2.24, 2.45) is 11.3 Å². The summed E-state index contributed by atoms with van der Waals surface area (Å²) in [5.74, 6) is 0.741. The van der Waals surface area contributed by atoms with Gasteiger partial charge >= 0.3 is 0 Å². The molecule has 0 saturated heterocycles. The molecule has 1 unspecified atom stereocenters. The van der Waals surface area contributed by atoms with E-state index < -0.39 is 0 Å². The molecule has 0 heterocycles. The van der Waals surface area contributed by atoms with Crippen molar-refractivity contribution in [1.82, 2.24) is 10.2 Å². The van der Waals surface area contributed by atoms with Crippen LogP contribution in [0.2, 0.25) is 0 Å².